The summed E-state index contributed by atoms with van der Waals surface area (Å²) >= 11 is 0. The molecule has 1 amide bonds. The van der Waals surface area contributed by atoms with Crippen molar-refractivity contribution in [2.75, 3.05) is 0 Å². The van der Waals surface area contributed by atoms with Gasteiger partial charge in [0.25, 0.3) is 0 Å². The molecule has 0 aliphatic rings. The van der Waals surface area contributed by atoms with E-state index < -0.39 is 41.5 Å². The molecule has 0 unspecified atom stereocenters. The second-order valence-corrected chi connectivity index (χ2v) is 5.80. The van der Waals surface area contributed by atoms with Gasteiger partial charge in [-0.15, -0.1) is 0 Å². The maximum absolute atomic E-state index is 13.1. The van der Waals surface area contributed by atoms with E-state index in [1.165, 1.54) is 34.6 Å². The standard InChI is InChI=1S/C12H18F5NO3/c1-6(2)7(18-9(20)21-10(3,4)5)8(19)11(13,14)12(15,16)17/h6-7H,1-5H3,(H,18,20)/t7-/m0/s1. The number of rotatable bonds is 4. The molecule has 0 rings (SSSR count). The number of ether oxygens (including phenoxy) is 1. The lowest BCUT2D eigenvalue weighted by Crippen LogP contribution is -2.56. The number of Topliss-reactive ketones (excluding diaryl/α,β-unsaturated/α-hetero) is 1. The summed E-state index contributed by atoms with van der Waals surface area (Å²) in [6, 6.07) is -2.02. The van der Waals surface area contributed by atoms with Crippen LogP contribution in [0.2, 0.25) is 0 Å². The number of ketones is 1. The van der Waals surface area contributed by atoms with E-state index in [4.69, 9.17) is 4.74 Å². The molecule has 0 radical (unpaired) electrons. The summed E-state index contributed by atoms with van der Waals surface area (Å²) < 4.78 is 67.5. The average molecular weight is 319 g/mol. The first-order valence-electron chi connectivity index (χ1n) is 6.08. The highest BCUT2D eigenvalue weighted by Gasteiger charge is 2.64. The highest BCUT2D eigenvalue weighted by atomic mass is 19.4. The minimum atomic E-state index is -6.02. The van der Waals surface area contributed by atoms with Gasteiger partial charge in [-0.25, -0.2) is 4.79 Å². The van der Waals surface area contributed by atoms with Crippen molar-refractivity contribution in [3.05, 3.63) is 0 Å². The highest BCUT2D eigenvalue weighted by Crippen LogP contribution is 2.37. The molecule has 1 atom stereocenters. The molecular formula is C12H18F5NO3. The maximum atomic E-state index is 13.1. The number of alkyl halides is 5. The zero-order chi connectivity index (χ0) is 17.2. The lowest BCUT2D eigenvalue weighted by molar-refractivity contribution is -0.269. The van der Waals surface area contributed by atoms with E-state index in [1.807, 2.05) is 0 Å². The number of nitrogens with one attached hydrogen (secondary N) is 1. The Morgan fingerprint density at radius 2 is 1.43 bits per heavy atom. The Labute approximate surface area is 119 Å². The Hall–Kier alpha value is -1.41. The van der Waals surface area contributed by atoms with Crippen LogP contribution in [0.15, 0.2) is 0 Å². The summed E-state index contributed by atoms with van der Waals surface area (Å²) in [6.07, 6.45) is -7.26. The number of alkyl carbamates (subject to hydrolysis) is 1. The Morgan fingerprint density at radius 3 is 1.71 bits per heavy atom. The fourth-order valence-corrected chi connectivity index (χ4v) is 1.30. The molecule has 0 bridgehead atoms. The van der Waals surface area contributed by atoms with Gasteiger partial charge in [0.05, 0.1) is 6.04 Å². The van der Waals surface area contributed by atoms with E-state index in [-0.39, 0.29) is 0 Å². The molecule has 0 aliphatic heterocycles. The summed E-state index contributed by atoms with van der Waals surface area (Å²) in [5.74, 6) is -8.94. The van der Waals surface area contributed by atoms with Crippen LogP contribution in [0, 0.1) is 5.92 Å². The van der Waals surface area contributed by atoms with Crippen LogP contribution in [0.4, 0.5) is 26.7 Å². The molecule has 0 saturated heterocycles. The van der Waals surface area contributed by atoms with Gasteiger partial charge in [0.1, 0.15) is 5.60 Å². The summed E-state index contributed by atoms with van der Waals surface area (Å²) in [4.78, 5) is 22.9. The number of hydrogen-bond acceptors (Lipinski definition) is 3. The number of carbonyl (C=O) groups is 2. The summed E-state index contributed by atoms with van der Waals surface area (Å²) in [6.45, 7) is 6.88. The van der Waals surface area contributed by atoms with Crippen molar-refractivity contribution in [2.45, 2.75) is 58.4 Å². The molecule has 4 nitrogen and oxygen atoms in total. The van der Waals surface area contributed by atoms with Crippen molar-refractivity contribution in [1.82, 2.24) is 5.32 Å². The summed E-state index contributed by atoms with van der Waals surface area (Å²) in [7, 11) is 0. The number of hydrogen-bond donors (Lipinski definition) is 1. The SMILES string of the molecule is CC(C)[C@H](NC(=O)OC(C)(C)C)C(=O)C(F)(F)C(F)(F)F. The van der Waals surface area contributed by atoms with E-state index in [1.54, 1.807) is 5.32 Å². The van der Waals surface area contributed by atoms with E-state index >= 15 is 0 Å². The molecule has 0 heterocycles. The first kappa shape index (κ1) is 19.6. The number of amides is 1. The molecule has 9 heteroatoms. The van der Waals surface area contributed by atoms with Crippen LogP contribution in [0.5, 0.6) is 0 Å². The van der Waals surface area contributed by atoms with Crippen LogP contribution in [0.3, 0.4) is 0 Å². The van der Waals surface area contributed by atoms with Gasteiger partial charge in [-0.3, -0.25) is 4.79 Å². The van der Waals surface area contributed by atoms with Gasteiger partial charge in [-0.1, -0.05) is 13.8 Å². The van der Waals surface area contributed by atoms with Crippen LogP contribution in [-0.4, -0.2) is 35.6 Å². The first-order chi connectivity index (χ1) is 9.09. The van der Waals surface area contributed by atoms with Crippen LogP contribution in [-0.2, 0) is 9.53 Å². The van der Waals surface area contributed by atoms with Gasteiger partial charge in [-0.2, -0.15) is 22.0 Å². The van der Waals surface area contributed by atoms with Crippen LogP contribution in [0.25, 0.3) is 0 Å². The van der Waals surface area contributed by atoms with Crippen LogP contribution < -0.4 is 5.32 Å². The molecule has 0 aliphatic carbocycles. The lowest BCUT2D eigenvalue weighted by Gasteiger charge is -2.28. The second-order valence-electron chi connectivity index (χ2n) is 5.80. The molecule has 0 aromatic rings. The van der Waals surface area contributed by atoms with Crippen molar-refractivity contribution in [3.8, 4) is 0 Å². The second kappa shape index (κ2) is 6.15. The predicted molar refractivity (Wildman–Crippen MR) is 64.0 cm³/mol. The Bertz CT molecular complexity index is 399. The molecule has 0 fully saturated rings. The third-order valence-electron chi connectivity index (χ3n) is 2.29. The van der Waals surface area contributed by atoms with E-state index in [0.29, 0.717) is 0 Å². The molecule has 0 aromatic carbocycles. The minimum absolute atomic E-state index is 0.974. The topological polar surface area (TPSA) is 55.4 Å². The van der Waals surface area contributed by atoms with Gasteiger partial charge in [-0.05, 0) is 26.7 Å². The quantitative estimate of drug-likeness (QED) is 0.809. The first-order valence-corrected chi connectivity index (χ1v) is 6.08. The van der Waals surface area contributed by atoms with E-state index in [2.05, 4.69) is 0 Å². The third kappa shape index (κ3) is 5.47. The normalized spacial score (nSPS) is 14.8. The van der Waals surface area contributed by atoms with Gasteiger partial charge in [0.15, 0.2) is 0 Å². The van der Waals surface area contributed by atoms with Gasteiger partial charge < -0.3 is 10.1 Å². The molecule has 0 aromatic heterocycles. The zero-order valence-corrected chi connectivity index (χ0v) is 12.3. The number of halogens is 5. The predicted octanol–water partition coefficient (Wildman–Crippen LogP) is 3.30. The Kier molecular flexibility index (Phi) is 5.73. The van der Waals surface area contributed by atoms with Crippen molar-refractivity contribution < 1.29 is 36.3 Å². The van der Waals surface area contributed by atoms with Crippen molar-refractivity contribution in [3.63, 3.8) is 0 Å². The molecule has 0 spiro atoms. The summed E-state index contributed by atoms with van der Waals surface area (Å²) in [5, 5.41) is 1.76. The van der Waals surface area contributed by atoms with Crippen molar-refractivity contribution in [1.29, 1.82) is 0 Å². The monoisotopic (exact) mass is 319 g/mol. The van der Waals surface area contributed by atoms with Crippen molar-refractivity contribution >= 4 is 11.9 Å². The van der Waals surface area contributed by atoms with E-state index in [0.717, 1.165) is 0 Å². The lowest BCUT2D eigenvalue weighted by atomic mass is 9.95. The van der Waals surface area contributed by atoms with Crippen LogP contribution >= 0.6 is 0 Å². The number of carbonyl (C=O) groups excluding carboxylic acids is 2. The maximum Gasteiger partial charge on any atom is 0.461 e. The van der Waals surface area contributed by atoms with Crippen LogP contribution in [0.1, 0.15) is 34.6 Å². The van der Waals surface area contributed by atoms with Gasteiger partial charge >= 0.3 is 18.2 Å². The molecule has 124 valence electrons. The molecule has 1 N–H and O–H groups in total. The van der Waals surface area contributed by atoms with Crippen molar-refractivity contribution in [2.24, 2.45) is 5.92 Å². The average Bonchev–Trinajstić information content (AvgIpc) is 2.20. The smallest absolute Gasteiger partial charge is 0.444 e. The fraction of sp³-hybridized carbons (Fsp3) is 0.833. The highest BCUT2D eigenvalue weighted by molar-refractivity contribution is 5.93. The molecular weight excluding hydrogens is 301 g/mol. The van der Waals surface area contributed by atoms with Gasteiger partial charge in [0.2, 0.25) is 5.78 Å². The van der Waals surface area contributed by atoms with E-state index in [9.17, 15) is 31.5 Å². The fourth-order valence-electron chi connectivity index (χ4n) is 1.30. The Morgan fingerprint density at radius 1 is 1.00 bits per heavy atom. The third-order valence-corrected chi connectivity index (χ3v) is 2.29. The zero-order valence-electron chi connectivity index (χ0n) is 12.3. The molecule has 0 saturated carbocycles. The minimum Gasteiger partial charge on any atom is -0.444 e. The molecule has 21 heavy (non-hydrogen) atoms. The Balaban J connectivity index is 5.18. The van der Waals surface area contributed by atoms with Gasteiger partial charge in [0, 0.05) is 0 Å². The summed E-state index contributed by atoms with van der Waals surface area (Å²) in [5.41, 5.74) is -0.985. The largest absolute Gasteiger partial charge is 0.461 e.